The molecule has 1 aromatic heterocycles. The number of carbonyl (C=O) groups excluding carboxylic acids is 1. The van der Waals surface area contributed by atoms with Gasteiger partial charge in [0.05, 0.1) is 21.3 Å². The Balaban J connectivity index is 1.66. The van der Waals surface area contributed by atoms with Crippen molar-refractivity contribution in [1.82, 2.24) is 9.88 Å². The maximum atomic E-state index is 12.4. The second kappa shape index (κ2) is 9.43. The minimum atomic E-state index is -0.287. The molecule has 0 radical (unpaired) electrons. The number of benzene rings is 2. The summed E-state index contributed by atoms with van der Waals surface area (Å²) in [6.45, 7) is 5.67. The van der Waals surface area contributed by atoms with Gasteiger partial charge >= 0.3 is 6.03 Å². The average molecular weight is 412 g/mol. The van der Waals surface area contributed by atoms with Crippen molar-refractivity contribution >= 4 is 22.6 Å². The van der Waals surface area contributed by atoms with Crippen molar-refractivity contribution < 1.29 is 19.0 Å². The van der Waals surface area contributed by atoms with E-state index in [4.69, 9.17) is 14.2 Å². The Hall–Kier alpha value is -3.35. The molecule has 7 heteroatoms. The number of anilines is 1. The van der Waals surface area contributed by atoms with Gasteiger partial charge in [0.15, 0.2) is 11.5 Å². The molecule has 0 bridgehead atoms. The minimum Gasteiger partial charge on any atom is -0.493 e. The molecule has 1 heterocycles. The molecule has 2 aromatic carbocycles. The largest absolute Gasteiger partial charge is 0.493 e. The van der Waals surface area contributed by atoms with E-state index in [1.807, 2.05) is 30.3 Å². The Morgan fingerprint density at radius 3 is 2.30 bits per heavy atom. The molecule has 30 heavy (non-hydrogen) atoms. The van der Waals surface area contributed by atoms with Gasteiger partial charge in [-0.1, -0.05) is 13.8 Å². The molecule has 0 aliphatic rings. The number of aromatic nitrogens is 1. The summed E-state index contributed by atoms with van der Waals surface area (Å²) in [7, 11) is 4.68. The van der Waals surface area contributed by atoms with Gasteiger partial charge in [-0.15, -0.1) is 0 Å². The molecule has 7 nitrogen and oxygen atoms in total. The number of methoxy groups -OCH3 is 3. The minimum absolute atomic E-state index is 0.287. The van der Waals surface area contributed by atoms with Crippen molar-refractivity contribution in [2.24, 2.45) is 5.92 Å². The second-order valence-electron chi connectivity index (χ2n) is 7.48. The lowest BCUT2D eigenvalue weighted by atomic mass is 10.2. The van der Waals surface area contributed by atoms with Crippen LogP contribution in [0.15, 0.2) is 42.6 Å². The highest BCUT2D eigenvalue weighted by molar-refractivity contribution is 5.93. The molecule has 0 aliphatic carbocycles. The van der Waals surface area contributed by atoms with Gasteiger partial charge in [0.1, 0.15) is 0 Å². The molecule has 0 aliphatic heterocycles. The fraction of sp³-hybridized carbons (Fsp3) is 0.348. The number of rotatable bonds is 8. The van der Waals surface area contributed by atoms with Crippen LogP contribution in [0.4, 0.5) is 10.5 Å². The van der Waals surface area contributed by atoms with Crippen LogP contribution < -0.4 is 24.8 Å². The van der Waals surface area contributed by atoms with E-state index in [1.54, 1.807) is 21.3 Å². The molecule has 0 fully saturated rings. The smallest absolute Gasteiger partial charge is 0.319 e. The molecule has 160 valence electrons. The highest BCUT2D eigenvalue weighted by Crippen LogP contribution is 2.38. The highest BCUT2D eigenvalue weighted by atomic mass is 16.5. The van der Waals surface area contributed by atoms with Crippen LogP contribution in [0.1, 0.15) is 19.4 Å². The van der Waals surface area contributed by atoms with E-state index in [2.05, 4.69) is 41.3 Å². The van der Waals surface area contributed by atoms with Crippen molar-refractivity contribution in [3.63, 3.8) is 0 Å². The monoisotopic (exact) mass is 411 g/mol. The average Bonchev–Trinajstić information content (AvgIpc) is 3.12. The molecule has 3 rings (SSSR count). The number of amides is 2. The van der Waals surface area contributed by atoms with E-state index in [-0.39, 0.29) is 6.03 Å². The Labute approximate surface area is 176 Å². The zero-order valence-corrected chi connectivity index (χ0v) is 18.1. The number of nitrogens with zero attached hydrogens (tertiary/aromatic N) is 1. The molecule has 3 aromatic rings. The van der Waals surface area contributed by atoms with Crippen LogP contribution in [0.2, 0.25) is 0 Å². The molecular weight excluding hydrogens is 382 g/mol. The van der Waals surface area contributed by atoms with E-state index in [1.165, 1.54) is 0 Å². The molecule has 0 spiro atoms. The lowest BCUT2D eigenvalue weighted by Gasteiger charge is -2.14. The molecule has 0 saturated heterocycles. The zero-order chi connectivity index (χ0) is 21.7. The van der Waals surface area contributed by atoms with E-state index < -0.39 is 0 Å². The van der Waals surface area contributed by atoms with Gasteiger partial charge in [0, 0.05) is 35.9 Å². The van der Waals surface area contributed by atoms with Gasteiger partial charge in [-0.2, -0.15) is 0 Å². The summed E-state index contributed by atoms with van der Waals surface area (Å²) in [5.74, 6) is 2.18. The van der Waals surface area contributed by atoms with Crippen LogP contribution in [0.25, 0.3) is 10.9 Å². The summed E-state index contributed by atoms with van der Waals surface area (Å²) in [6.07, 6.45) is 2.08. The van der Waals surface area contributed by atoms with Gasteiger partial charge in [0.25, 0.3) is 0 Å². The van der Waals surface area contributed by atoms with E-state index in [9.17, 15) is 4.79 Å². The molecule has 2 N–H and O–H groups in total. The van der Waals surface area contributed by atoms with Crippen LogP contribution in [-0.2, 0) is 13.1 Å². The van der Waals surface area contributed by atoms with Crippen molar-refractivity contribution in [2.75, 3.05) is 26.6 Å². The van der Waals surface area contributed by atoms with Crippen LogP contribution in [0, 0.1) is 5.92 Å². The van der Waals surface area contributed by atoms with Crippen LogP contribution in [-0.4, -0.2) is 31.9 Å². The number of nitrogens with one attached hydrogen (secondary N) is 2. The first-order chi connectivity index (χ1) is 14.4. The predicted octanol–water partition coefficient (Wildman–Crippen LogP) is 4.64. The number of carbonyl (C=O) groups is 1. The fourth-order valence-corrected chi connectivity index (χ4v) is 3.43. The maximum Gasteiger partial charge on any atom is 0.319 e. The van der Waals surface area contributed by atoms with Gasteiger partial charge in [-0.25, -0.2) is 4.79 Å². The standard InChI is InChI=1S/C23H29N3O4/c1-15(2)14-26-9-8-17-12-18(6-7-19(17)26)25-23(27)24-13-16-10-20(28-3)22(30-5)21(11-16)29-4/h6-12,15H,13-14H2,1-5H3,(H2,24,25,27). The number of hydrogen-bond acceptors (Lipinski definition) is 4. The van der Waals surface area contributed by atoms with Gasteiger partial charge in [-0.05, 0) is 47.9 Å². The normalized spacial score (nSPS) is 10.9. The van der Waals surface area contributed by atoms with Gasteiger partial charge in [-0.3, -0.25) is 0 Å². The number of fused-ring (bicyclic) bond motifs is 1. The zero-order valence-electron chi connectivity index (χ0n) is 18.1. The second-order valence-corrected chi connectivity index (χ2v) is 7.48. The highest BCUT2D eigenvalue weighted by Gasteiger charge is 2.14. The lowest BCUT2D eigenvalue weighted by Crippen LogP contribution is -2.28. The Morgan fingerprint density at radius 1 is 1.00 bits per heavy atom. The van der Waals surface area contributed by atoms with Crippen molar-refractivity contribution in [3.8, 4) is 17.2 Å². The Bertz CT molecular complexity index is 1000. The predicted molar refractivity (Wildman–Crippen MR) is 119 cm³/mol. The van der Waals surface area contributed by atoms with Crippen LogP contribution >= 0.6 is 0 Å². The number of ether oxygens (including phenoxy) is 3. The first kappa shape index (κ1) is 21.4. The van der Waals surface area contributed by atoms with Crippen LogP contribution in [0.5, 0.6) is 17.2 Å². The summed E-state index contributed by atoms with van der Waals surface area (Å²) in [6, 6.07) is 11.3. The third-order valence-electron chi connectivity index (χ3n) is 4.77. The summed E-state index contributed by atoms with van der Waals surface area (Å²) >= 11 is 0. The van der Waals surface area contributed by atoms with Crippen LogP contribution in [0.3, 0.4) is 0 Å². The molecule has 0 unspecified atom stereocenters. The topological polar surface area (TPSA) is 73.8 Å². The SMILES string of the molecule is COc1cc(CNC(=O)Nc2ccc3c(ccn3CC(C)C)c2)cc(OC)c1OC. The van der Waals surface area contributed by atoms with E-state index in [0.29, 0.717) is 29.7 Å². The number of hydrogen-bond donors (Lipinski definition) is 2. The fourth-order valence-electron chi connectivity index (χ4n) is 3.43. The van der Waals surface area contributed by atoms with Gasteiger partial charge < -0.3 is 29.4 Å². The molecule has 0 atom stereocenters. The summed E-state index contributed by atoms with van der Waals surface area (Å²) in [5, 5.41) is 6.84. The maximum absolute atomic E-state index is 12.4. The Morgan fingerprint density at radius 2 is 1.70 bits per heavy atom. The van der Waals surface area contributed by atoms with Crippen molar-refractivity contribution in [2.45, 2.75) is 26.9 Å². The summed E-state index contributed by atoms with van der Waals surface area (Å²) in [5.41, 5.74) is 2.74. The first-order valence-electron chi connectivity index (χ1n) is 9.87. The van der Waals surface area contributed by atoms with Crippen molar-refractivity contribution in [3.05, 3.63) is 48.2 Å². The summed E-state index contributed by atoms with van der Waals surface area (Å²) < 4.78 is 18.3. The molecule has 2 amide bonds. The first-order valence-corrected chi connectivity index (χ1v) is 9.87. The van der Waals surface area contributed by atoms with E-state index >= 15 is 0 Å². The third-order valence-corrected chi connectivity index (χ3v) is 4.77. The Kier molecular flexibility index (Phi) is 6.72. The molecule has 0 saturated carbocycles. The quantitative estimate of drug-likeness (QED) is 0.566. The molecular formula is C23H29N3O4. The van der Waals surface area contributed by atoms with Crippen molar-refractivity contribution in [1.29, 1.82) is 0 Å². The van der Waals surface area contributed by atoms with Gasteiger partial charge in [0.2, 0.25) is 5.75 Å². The summed E-state index contributed by atoms with van der Waals surface area (Å²) in [4.78, 5) is 12.4. The third kappa shape index (κ3) is 4.79. The van der Waals surface area contributed by atoms with E-state index in [0.717, 1.165) is 28.7 Å². The lowest BCUT2D eigenvalue weighted by molar-refractivity contribution is 0.251. The number of urea groups is 1.